The largest absolute Gasteiger partial charge is 0.481 e. The molecule has 120 valence electrons. The van der Waals surface area contributed by atoms with Crippen LogP contribution in [0.15, 0.2) is 0 Å². The van der Waals surface area contributed by atoms with Gasteiger partial charge in [-0.05, 0) is 26.2 Å². The average molecular weight is 297 g/mol. The topological polar surface area (TPSA) is 75.6 Å². The molecule has 0 saturated heterocycles. The van der Waals surface area contributed by atoms with Crippen LogP contribution in [-0.4, -0.2) is 35.7 Å². The number of aliphatic carboxylic acids is 1. The Morgan fingerprint density at radius 1 is 1.24 bits per heavy atom. The highest BCUT2D eigenvalue weighted by Crippen LogP contribution is 2.43. The van der Waals surface area contributed by atoms with Crippen LogP contribution in [0.1, 0.15) is 52.9 Å². The molecule has 0 aromatic carbocycles. The number of carboxylic acids is 1. The number of carbonyl (C=O) groups excluding carboxylic acids is 1. The lowest BCUT2D eigenvalue weighted by molar-refractivity contribution is -0.152. The molecule has 5 heteroatoms. The molecule has 0 bridgehead atoms. The smallest absolute Gasteiger partial charge is 0.307 e. The summed E-state index contributed by atoms with van der Waals surface area (Å²) in [6, 6.07) is 0.0814. The molecule has 0 radical (unpaired) electrons. The highest BCUT2D eigenvalue weighted by molar-refractivity contribution is 5.85. The minimum Gasteiger partial charge on any atom is -0.481 e. The number of carbonyl (C=O) groups is 2. The Kier molecular flexibility index (Phi) is 4.91. The number of hydrogen-bond donors (Lipinski definition) is 2. The van der Waals surface area contributed by atoms with Gasteiger partial charge in [-0.2, -0.15) is 0 Å². The lowest BCUT2D eigenvalue weighted by Crippen LogP contribution is -2.63. The van der Waals surface area contributed by atoms with Crippen molar-refractivity contribution in [2.24, 2.45) is 17.3 Å². The van der Waals surface area contributed by atoms with Crippen LogP contribution in [0.3, 0.4) is 0 Å². The van der Waals surface area contributed by atoms with E-state index in [0.717, 1.165) is 19.3 Å². The van der Waals surface area contributed by atoms with Gasteiger partial charge in [0.25, 0.3) is 0 Å². The molecule has 2 unspecified atom stereocenters. The maximum Gasteiger partial charge on any atom is 0.307 e. The second kappa shape index (κ2) is 6.34. The molecule has 5 nitrogen and oxygen atoms in total. The Labute approximate surface area is 126 Å². The Hall–Kier alpha value is -1.10. The van der Waals surface area contributed by atoms with Crippen LogP contribution in [-0.2, 0) is 14.3 Å². The van der Waals surface area contributed by atoms with Crippen LogP contribution < -0.4 is 5.32 Å². The van der Waals surface area contributed by atoms with Gasteiger partial charge in [0.05, 0.1) is 17.9 Å². The number of carboxylic acid groups (broad SMARTS) is 1. The van der Waals surface area contributed by atoms with E-state index in [1.165, 1.54) is 0 Å². The molecule has 4 atom stereocenters. The molecule has 0 heterocycles. The minimum absolute atomic E-state index is 0.0814. The van der Waals surface area contributed by atoms with Crippen molar-refractivity contribution in [2.75, 3.05) is 6.61 Å². The van der Waals surface area contributed by atoms with E-state index in [1.54, 1.807) is 0 Å². The number of hydrogen-bond acceptors (Lipinski definition) is 3. The summed E-state index contributed by atoms with van der Waals surface area (Å²) in [5.74, 6) is -1.83. The zero-order valence-electron chi connectivity index (χ0n) is 13.2. The second-order valence-corrected chi connectivity index (χ2v) is 6.90. The summed E-state index contributed by atoms with van der Waals surface area (Å²) in [6.45, 7) is 6.84. The Morgan fingerprint density at radius 2 is 1.86 bits per heavy atom. The molecule has 0 spiro atoms. The van der Waals surface area contributed by atoms with Crippen molar-refractivity contribution in [3.05, 3.63) is 0 Å². The van der Waals surface area contributed by atoms with Crippen molar-refractivity contribution in [3.8, 4) is 0 Å². The predicted octanol–water partition coefficient (Wildman–Crippen LogP) is 2.20. The van der Waals surface area contributed by atoms with Gasteiger partial charge in [0, 0.05) is 18.1 Å². The lowest BCUT2D eigenvalue weighted by atomic mass is 9.64. The molecule has 0 aromatic rings. The summed E-state index contributed by atoms with van der Waals surface area (Å²) in [5.41, 5.74) is -0.0843. The van der Waals surface area contributed by atoms with E-state index in [1.807, 2.05) is 6.92 Å². The number of ether oxygens (including phenoxy) is 1. The van der Waals surface area contributed by atoms with Crippen molar-refractivity contribution >= 4 is 11.9 Å². The average Bonchev–Trinajstić information content (AvgIpc) is 2.46. The van der Waals surface area contributed by atoms with Gasteiger partial charge in [0.1, 0.15) is 0 Å². The van der Waals surface area contributed by atoms with E-state index < -0.39 is 11.9 Å². The van der Waals surface area contributed by atoms with E-state index in [9.17, 15) is 14.7 Å². The van der Waals surface area contributed by atoms with E-state index in [-0.39, 0.29) is 29.4 Å². The van der Waals surface area contributed by atoms with Crippen molar-refractivity contribution in [2.45, 2.75) is 65.0 Å². The van der Waals surface area contributed by atoms with Gasteiger partial charge in [-0.15, -0.1) is 0 Å². The standard InChI is InChI=1S/C16H27NO4/c1-4-21-13-9-12(16(13,2)3)17-14(18)10-7-5-6-8-11(10)15(19)20/h10-13H,4-9H2,1-3H3,(H,17,18)(H,19,20)/t10-,11+,12?,13?/m1/s1. The van der Waals surface area contributed by atoms with E-state index in [4.69, 9.17) is 4.74 Å². The summed E-state index contributed by atoms with van der Waals surface area (Å²) in [6.07, 6.45) is 4.14. The molecule has 2 fully saturated rings. The summed E-state index contributed by atoms with van der Waals surface area (Å²) >= 11 is 0. The SMILES string of the molecule is CCOC1CC(NC(=O)[C@@H]2CCCC[C@@H]2C(=O)O)C1(C)C. The molecular weight excluding hydrogens is 270 g/mol. The summed E-state index contributed by atoms with van der Waals surface area (Å²) in [4.78, 5) is 23.8. The van der Waals surface area contributed by atoms with E-state index >= 15 is 0 Å². The first-order valence-electron chi connectivity index (χ1n) is 8.02. The lowest BCUT2D eigenvalue weighted by Gasteiger charge is -2.52. The fourth-order valence-electron chi connectivity index (χ4n) is 3.63. The van der Waals surface area contributed by atoms with Gasteiger partial charge < -0.3 is 15.2 Å². The van der Waals surface area contributed by atoms with Gasteiger partial charge >= 0.3 is 5.97 Å². The van der Waals surface area contributed by atoms with Crippen LogP contribution in [0.4, 0.5) is 0 Å². The highest BCUT2D eigenvalue weighted by atomic mass is 16.5. The first kappa shape index (κ1) is 16.3. The van der Waals surface area contributed by atoms with E-state index in [0.29, 0.717) is 19.4 Å². The predicted molar refractivity (Wildman–Crippen MR) is 78.8 cm³/mol. The molecular formula is C16H27NO4. The van der Waals surface area contributed by atoms with Crippen molar-refractivity contribution in [1.82, 2.24) is 5.32 Å². The fourth-order valence-corrected chi connectivity index (χ4v) is 3.63. The van der Waals surface area contributed by atoms with Crippen molar-refractivity contribution in [3.63, 3.8) is 0 Å². The van der Waals surface area contributed by atoms with Gasteiger partial charge in [0.2, 0.25) is 5.91 Å². The van der Waals surface area contributed by atoms with Gasteiger partial charge in [0.15, 0.2) is 0 Å². The van der Waals surface area contributed by atoms with Crippen LogP contribution in [0, 0.1) is 17.3 Å². The zero-order valence-corrected chi connectivity index (χ0v) is 13.2. The first-order chi connectivity index (χ1) is 9.87. The Balaban J connectivity index is 1.94. The molecule has 0 aliphatic heterocycles. The molecule has 2 aliphatic carbocycles. The summed E-state index contributed by atoms with van der Waals surface area (Å²) < 4.78 is 5.66. The second-order valence-electron chi connectivity index (χ2n) is 6.90. The Bertz CT molecular complexity index is 407. The Morgan fingerprint density at radius 3 is 2.38 bits per heavy atom. The first-order valence-corrected chi connectivity index (χ1v) is 8.02. The zero-order chi connectivity index (χ0) is 15.6. The monoisotopic (exact) mass is 297 g/mol. The molecule has 2 saturated carbocycles. The summed E-state index contributed by atoms with van der Waals surface area (Å²) in [5, 5.41) is 12.3. The molecule has 2 aliphatic rings. The third-order valence-corrected chi connectivity index (χ3v) is 5.28. The number of rotatable bonds is 5. The number of nitrogens with one attached hydrogen (secondary N) is 1. The van der Waals surface area contributed by atoms with Crippen molar-refractivity contribution < 1.29 is 19.4 Å². The number of amides is 1. The van der Waals surface area contributed by atoms with Crippen LogP contribution in [0.25, 0.3) is 0 Å². The van der Waals surface area contributed by atoms with Gasteiger partial charge in [-0.3, -0.25) is 9.59 Å². The minimum atomic E-state index is -0.838. The third-order valence-electron chi connectivity index (χ3n) is 5.28. The van der Waals surface area contributed by atoms with Gasteiger partial charge in [-0.1, -0.05) is 26.7 Å². The molecule has 21 heavy (non-hydrogen) atoms. The van der Waals surface area contributed by atoms with Crippen LogP contribution in [0.5, 0.6) is 0 Å². The van der Waals surface area contributed by atoms with Crippen molar-refractivity contribution in [1.29, 1.82) is 0 Å². The third kappa shape index (κ3) is 3.23. The molecule has 2 N–H and O–H groups in total. The van der Waals surface area contributed by atoms with Crippen LogP contribution >= 0.6 is 0 Å². The highest BCUT2D eigenvalue weighted by Gasteiger charge is 2.50. The molecule has 2 rings (SSSR count). The fraction of sp³-hybridized carbons (Fsp3) is 0.875. The maximum absolute atomic E-state index is 12.5. The molecule has 0 aromatic heterocycles. The van der Waals surface area contributed by atoms with E-state index in [2.05, 4.69) is 19.2 Å². The molecule has 1 amide bonds. The quantitative estimate of drug-likeness (QED) is 0.815. The maximum atomic E-state index is 12.5. The van der Waals surface area contributed by atoms with Gasteiger partial charge in [-0.25, -0.2) is 0 Å². The van der Waals surface area contributed by atoms with Crippen LogP contribution in [0.2, 0.25) is 0 Å². The summed E-state index contributed by atoms with van der Waals surface area (Å²) in [7, 11) is 0. The normalized spacial score (nSPS) is 34.8.